The van der Waals surface area contributed by atoms with Gasteiger partial charge in [-0.3, -0.25) is 19.2 Å². The van der Waals surface area contributed by atoms with E-state index in [9.17, 15) is 19.2 Å². The molecule has 3 atom stereocenters. The smallest absolute Gasteiger partial charge is 0.243 e. The molecule has 3 rings (SSSR count). The Morgan fingerprint density at radius 1 is 0.884 bits per heavy atom. The Bertz CT molecular complexity index is 1390. The average molecular weight is 631 g/mol. The summed E-state index contributed by atoms with van der Waals surface area (Å²) < 4.78 is 0. The van der Waals surface area contributed by atoms with Crippen LogP contribution in [0.5, 0.6) is 0 Å². The lowest BCUT2D eigenvalue weighted by Gasteiger charge is -2.25. The molecular formula is C30H37Cl2N7O4. The van der Waals surface area contributed by atoms with Gasteiger partial charge in [0.25, 0.3) is 0 Å². The Labute approximate surface area is 261 Å². The Morgan fingerprint density at radius 2 is 1.56 bits per heavy atom. The molecule has 3 N–H and O–H groups in total. The molecule has 3 aromatic rings. The van der Waals surface area contributed by atoms with E-state index in [2.05, 4.69) is 31.4 Å². The first kappa shape index (κ1) is 33.7. The van der Waals surface area contributed by atoms with E-state index in [0.717, 1.165) is 10.4 Å². The number of nitrogens with zero attached hydrogens (tertiary/aromatic N) is 4. The van der Waals surface area contributed by atoms with Gasteiger partial charge in [-0.15, -0.1) is 10.2 Å². The Morgan fingerprint density at radius 3 is 2.19 bits per heavy atom. The fraction of sp³-hybridized carbons (Fsp3) is 0.433. The van der Waals surface area contributed by atoms with Crippen LogP contribution >= 0.6 is 23.2 Å². The Kier molecular flexibility index (Phi) is 12.6. The minimum absolute atomic E-state index is 0.213. The molecule has 0 fully saturated rings. The summed E-state index contributed by atoms with van der Waals surface area (Å²) in [6.45, 7) is 6.68. The summed E-state index contributed by atoms with van der Waals surface area (Å²) in [6.07, 6.45) is 1.33. The maximum Gasteiger partial charge on any atom is 0.243 e. The third kappa shape index (κ3) is 10.1. The zero-order chi connectivity index (χ0) is 31.5. The van der Waals surface area contributed by atoms with Crippen LogP contribution in [-0.4, -0.2) is 61.8 Å². The van der Waals surface area contributed by atoms with Crippen molar-refractivity contribution in [2.24, 2.45) is 5.92 Å². The number of hydrogen-bond acceptors (Lipinski definition) is 7. The Balaban J connectivity index is 1.51. The summed E-state index contributed by atoms with van der Waals surface area (Å²) >= 11 is 12.4. The average Bonchev–Trinajstić information content (AvgIpc) is 3.42. The number of benzene rings is 2. The number of amides is 3. The predicted molar refractivity (Wildman–Crippen MR) is 163 cm³/mol. The van der Waals surface area contributed by atoms with Crippen molar-refractivity contribution in [2.45, 2.75) is 78.0 Å². The lowest BCUT2D eigenvalue weighted by molar-refractivity contribution is -0.133. The second-order valence-corrected chi connectivity index (χ2v) is 11.4. The van der Waals surface area contributed by atoms with Crippen LogP contribution in [-0.2, 0) is 38.6 Å². The lowest BCUT2D eigenvalue weighted by atomic mass is 10.0. The predicted octanol–water partition coefficient (Wildman–Crippen LogP) is 3.31. The molecular weight excluding hydrogens is 593 g/mol. The van der Waals surface area contributed by atoms with E-state index >= 15 is 0 Å². The highest BCUT2D eigenvalue weighted by Crippen LogP contribution is 2.25. The highest BCUT2D eigenvalue weighted by Gasteiger charge is 2.28. The van der Waals surface area contributed by atoms with E-state index in [4.69, 9.17) is 23.2 Å². The second kappa shape index (κ2) is 16.1. The van der Waals surface area contributed by atoms with Gasteiger partial charge in [-0.2, -0.15) is 4.80 Å². The van der Waals surface area contributed by atoms with Crippen LogP contribution in [0.3, 0.4) is 0 Å². The minimum atomic E-state index is -0.951. The van der Waals surface area contributed by atoms with Crippen LogP contribution in [0.15, 0.2) is 48.5 Å². The number of rotatable bonds is 15. The van der Waals surface area contributed by atoms with Crippen molar-refractivity contribution in [1.82, 2.24) is 36.2 Å². The third-order valence-corrected chi connectivity index (χ3v) is 7.51. The topological polar surface area (TPSA) is 148 Å². The number of aromatic nitrogens is 4. The molecule has 13 heteroatoms. The molecule has 0 spiro atoms. The van der Waals surface area contributed by atoms with Crippen molar-refractivity contribution in [1.29, 1.82) is 0 Å². The van der Waals surface area contributed by atoms with Gasteiger partial charge in [-0.05, 0) is 54.2 Å². The molecule has 0 aliphatic heterocycles. The lowest BCUT2D eigenvalue weighted by Crippen LogP contribution is -2.56. The van der Waals surface area contributed by atoms with E-state index < -0.39 is 29.9 Å². The summed E-state index contributed by atoms with van der Waals surface area (Å²) in [6, 6.07) is 12.1. The zero-order valence-electron chi connectivity index (χ0n) is 24.6. The summed E-state index contributed by atoms with van der Waals surface area (Å²) in [5, 5.41) is 21.2. The van der Waals surface area contributed by atoms with Gasteiger partial charge < -0.3 is 16.0 Å². The molecule has 1 unspecified atom stereocenters. The minimum Gasteiger partial charge on any atom is -0.344 e. The molecule has 0 aliphatic carbocycles. The molecule has 230 valence electrons. The van der Waals surface area contributed by atoms with Crippen LogP contribution < -0.4 is 16.0 Å². The molecule has 0 saturated carbocycles. The summed E-state index contributed by atoms with van der Waals surface area (Å²) in [5.74, 6) is -1.49. The molecule has 0 radical (unpaired) electrons. The molecule has 0 saturated heterocycles. The first-order valence-corrected chi connectivity index (χ1v) is 14.9. The highest BCUT2D eigenvalue weighted by atomic mass is 35.5. The van der Waals surface area contributed by atoms with Crippen molar-refractivity contribution in [3.8, 4) is 0 Å². The fourth-order valence-corrected chi connectivity index (χ4v) is 4.81. The highest BCUT2D eigenvalue weighted by molar-refractivity contribution is 6.36. The third-order valence-electron chi connectivity index (χ3n) is 6.80. The van der Waals surface area contributed by atoms with E-state index in [0.29, 0.717) is 34.3 Å². The molecule has 1 heterocycles. The van der Waals surface area contributed by atoms with Crippen molar-refractivity contribution < 1.29 is 19.2 Å². The number of hydrogen-bond donors (Lipinski definition) is 3. The zero-order valence-corrected chi connectivity index (χ0v) is 26.2. The number of aryl methyl sites for hydroxylation is 1. The largest absolute Gasteiger partial charge is 0.344 e. The fourth-order valence-electron chi connectivity index (χ4n) is 4.28. The monoisotopic (exact) mass is 629 g/mol. The van der Waals surface area contributed by atoms with Gasteiger partial charge in [0.2, 0.25) is 17.7 Å². The number of Topliss-reactive ketones (excluding diaryl/α,β-unsaturated/α-hetero) is 1. The number of halogens is 2. The van der Waals surface area contributed by atoms with Crippen molar-refractivity contribution in [3.05, 3.63) is 75.5 Å². The van der Waals surface area contributed by atoms with Gasteiger partial charge in [-0.1, -0.05) is 80.4 Å². The summed E-state index contributed by atoms with van der Waals surface area (Å²) in [5.41, 5.74) is 1.67. The quantitative estimate of drug-likeness (QED) is 0.233. The van der Waals surface area contributed by atoms with Crippen LogP contribution in [0.4, 0.5) is 0 Å². The molecule has 11 nitrogen and oxygen atoms in total. The van der Waals surface area contributed by atoms with Crippen LogP contribution in [0.2, 0.25) is 10.0 Å². The molecule has 0 aliphatic rings. The standard InChI is InChI=1S/C30H37Cl2N7O4/c1-5-24(25(40)17-39-37-26(36-38-39)16-21-22(31)12-9-13-23(21)32)34-29(42)19(4)33-30(43)28(18(2)3)35-27(41)15-14-20-10-7-6-8-11-20/h6-13,18-19,24,28H,5,14-17H2,1-4H3,(H,33,43)(H,34,42)(H,35,41)/t19-,24?,28-/m0/s1. The van der Waals surface area contributed by atoms with Crippen molar-refractivity contribution in [3.63, 3.8) is 0 Å². The SMILES string of the molecule is CCC(NC(=O)[C@H](C)NC(=O)[C@@H](NC(=O)CCc1ccccc1)C(C)C)C(=O)Cn1nnc(Cc2c(Cl)cccc2Cl)n1. The summed E-state index contributed by atoms with van der Waals surface area (Å²) in [7, 11) is 0. The number of carbonyl (C=O) groups is 4. The van der Waals surface area contributed by atoms with Crippen LogP contribution in [0.25, 0.3) is 0 Å². The number of nitrogens with one attached hydrogen (secondary N) is 3. The van der Waals surface area contributed by atoms with Crippen LogP contribution in [0, 0.1) is 5.92 Å². The number of ketones is 1. The van der Waals surface area contributed by atoms with Crippen LogP contribution in [0.1, 0.15) is 57.5 Å². The molecule has 1 aromatic heterocycles. The Hall–Kier alpha value is -3.83. The first-order chi connectivity index (χ1) is 20.5. The van der Waals surface area contributed by atoms with Gasteiger partial charge >= 0.3 is 0 Å². The van der Waals surface area contributed by atoms with Gasteiger partial charge in [0.05, 0.1) is 6.04 Å². The number of carbonyl (C=O) groups excluding carboxylic acids is 4. The maximum atomic E-state index is 13.0. The number of tetrazole rings is 1. The van der Waals surface area contributed by atoms with E-state index in [1.54, 1.807) is 25.1 Å². The van der Waals surface area contributed by atoms with Gasteiger partial charge in [-0.25, -0.2) is 0 Å². The summed E-state index contributed by atoms with van der Waals surface area (Å²) in [4.78, 5) is 52.6. The normalized spacial score (nSPS) is 13.2. The molecule has 43 heavy (non-hydrogen) atoms. The van der Waals surface area contributed by atoms with E-state index in [-0.39, 0.29) is 37.0 Å². The second-order valence-electron chi connectivity index (χ2n) is 10.6. The molecule has 0 bridgehead atoms. The van der Waals surface area contributed by atoms with E-state index in [1.807, 2.05) is 44.2 Å². The van der Waals surface area contributed by atoms with E-state index in [1.165, 1.54) is 6.92 Å². The molecule has 2 aromatic carbocycles. The van der Waals surface area contributed by atoms with Gasteiger partial charge in [0.15, 0.2) is 11.6 Å². The van der Waals surface area contributed by atoms with Gasteiger partial charge in [0.1, 0.15) is 18.6 Å². The van der Waals surface area contributed by atoms with Gasteiger partial charge in [0, 0.05) is 22.9 Å². The van der Waals surface area contributed by atoms with Crippen molar-refractivity contribution >= 4 is 46.7 Å². The molecule has 3 amide bonds. The van der Waals surface area contributed by atoms with Crippen molar-refractivity contribution in [2.75, 3.05) is 0 Å². The maximum absolute atomic E-state index is 13.0. The first-order valence-electron chi connectivity index (χ1n) is 14.1.